The average molecular weight is 481 g/mol. The van der Waals surface area contributed by atoms with Gasteiger partial charge in [-0.25, -0.2) is 15.0 Å². The first-order valence-corrected chi connectivity index (χ1v) is 12.0. The molecule has 2 aromatic rings. The molecule has 0 aliphatic carbocycles. The Kier molecular flexibility index (Phi) is 9.86. The molecule has 0 spiro atoms. The number of aliphatic hydroxyl groups is 2. The number of fused-ring (bicyclic) bond motifs is 1. The fourth-order valence-electron chi connectivity index (χ4n) is 4.09. The Morgan fingerprint density at radius 2 is 1.94 bits per heavy atom. The van der Waals surface area contributed by atoms with Crippen molar-refractivity contribution in [3.63, 3.8) is 0 Å². The third-order valence-corrected chi connectivity index (χ3v) is 6.26. The zero-order chi connectivity index (χ0) is 23.8. The molecule has 11 nitrogen and oxygen atoms in total. The third-order valence-electron chi connectivity index (χ3n) is 5.89. The number of thiocarbonyl (C=S) groups is 1. The van der Waals surface area contributed by atoms with E-state index in [1.807, 2.05) is 0 Å². The number of aliphatic hydroxyl groups excluding tert-OH is 2. The van der Waals surface area contributed by atoms with Crippen molar-refractivity contribution < 1.29 is 14.9 Å². The molecule has 0 aromatic carbocycles. The molecule has 1 aliphatic rings. The van der Waals surface area contributed by atoms with E-state index in [1.54, 1.807) is 4.57 Å². The van der Waals surface area contributed by atoms with Gasteiger partial charge in [0.15, 0.2) is 17.7 Å². The van der Waals surface area contributed by atoms with Crippen LogP contribution in [-0.2, 0) is 4.74 Å². The largest absolute Gasteiger partial charge is 0.388 e. The molecular weight excluding hydrogens is 444 g/mol. The minimum atomic E-state index is -1.15. The first-order valence-electron chi connectivity index (χ1n) is 11.5. The maximum absolute atomic E-state index is 10.6. The van der Waals surface area contributed by atoms with Crippen LogP contribution in [0.25, 0.3) is 11.2 Å². The molecule has 0 amide bonds. The van der Waals surface area contributed by atoms with Gasteiger partial charge in [0.05, 0.1) is 12.4 Å². The number of nitrogens with two attached hydrogens (primary N) is 3. The average Bonchev–Trinajstić information content (AvgIpc) is 3.33. The van der Waals surface area contributed by atoms with Crippen molar-refractivity contribution in [2.45, 2.75) is 75.5 Å². The van der Waals surface area contributed by atoms with Gasteiger partial charge >= 0.3 is 0 Å². The lowest BCUT2D eigenvalue weighted by Crippen LogP contribution is -2.36. The van der Waals surface area contributed by atoms with E-state index < -0.39 is 24.5 Å². The second kappa shape index (κ2) is 12.6. The molecule has 9 N–H and O–H groups in total. The highest BCUT2D eigenvalue weighted by Crippen LogP contribution is 2.33. The molecule has 0 bridgehead atoms. The van der Waals surface area contributed by atoms with Crippen molar-refractivity contribution in [3.05, 3.63) is 12.7 Å². The molecule has 12 heteroatoms. The lowest BCUT2D eigenvalue weighted by molar-refractivity contribution is -0.0383. The van der Waals surface area contributed by atoms with Crippen molar-refractivity contribution in [2.75, 3.05) is 25.4 Å². The Hall–Kier alpha value is -1.80. The summed E-state index contributed by atoms with van der Waals surface area (Å²) in [6.45, 7) is 2.68. The summed E-state index contributed by atoms with van der Waals surface area (Å²) >= 11 is 5.51. The molecule has 1 unspecified atom stereocenters. The normalized spacial score (nSPS) is 23.9. The maximum atomic E-state index is 10.6. The summed E-state index contributed by atoms with van der Waals surface area (Å²) in [5, 5.41) is 24.5. The van der Waals surface area contributed by atoms with Gasteiger partial charge < -0.3 is 37.5 Å². The lowest BCUT2D eigenvalue weighted by atomic mass is 9.98. The van der Waals surface area contributed by atoms with Gasteiger partial charge in [-0.3, -0.25) is 4.57 Å². The molecule has 1 aliphatic heterocycles. The van der Waals surface area contributed by atoms with Gasteiger partial charge in [-0.15, -0.1) is 0 Å². The summed E-state index contributed by atoms with van der Waals surface area (Å²) in [6.07, 6.45) is 5.15. The summed E-state index contributed by atoms with van der Waals surface area (Å²) < 4.78 is 7.53. The number of unbranched alkanes of at least 4 members (excludes halogenated alkanes) is 2. The Labute approximate surface area is 199 Å². The molecule has 5 atom stereocenters. The summed E-state index contributed by atoms with van der Waals surface area (Å²) in [4.78, 5) is 13.2. The van der Waals surface area contributed by atoms with Crippen LogP contribution in [0.2, 0.25) is 0 Å². The molecule has 3 rings (SSSR count). The van der Waals surface area contributed by atoms with Crippen LogP contribution in [0.3, 0.4) is 0 Å². The Morgan fingerprint density at radius 3 is 2.73 bits per heavy atom. The highest BCUT2D eigenvalue weighted by molar-refractivity contribution is 7.80. The summed E-state index contributed by atoms with van der Waals surface area (Å²) in [7, 11) is 0. The Morgan fingerprint density at radius 1 is 1.15 bits per heavy atom. The monoisotopic (exact) mass is 480 g/mol. The van der Waals surface area contributed by atoms with Gasteiger partial charge in [0.2, 0.25) is 0 Å². The van der Waals surface area contributed by atoms with Crippen molar-refractivity contribution >= 4 is 34.1 Å². The third kappa shape index (κ3) is 6.85. The first kappa shape index (κ1) is 25.8. The summed E-state index contributed by atoms with van der Waals surface area (Å²) in [5.41, 5.74) is 18.4. The van der Waals surface area contributed by atoms with Crippen LogP contribution in [0.15, 0.2) is 12.7 Å². The molecule has 33 heavy (non-hydrogen) atoms. The van der Waals surface area contributed by atoms with Crippen molar-refractivity contribution in [1.29, 1.82) is 0 Å². The van der Waals surface area contributed by atoms with E-state index in [0.717, 1.165) is 50.1 Å². The fraction of sp³-hybridized carbons (Fsp3) is 0.714. The number of hydrogen-bond donors (Lipinski definition) is 6. The number of rotatable bonds is 14. The van der Waals surface area contributed by atoms with Gasteiger partial charge in [0, 0.05) is 6.04 Å². The van der Waals surface area contributed by atoms with E-state index in [1.165, 1.54) is 12.7 Å². The van der Waals surface area contributed by atoms with Crippen LogP contribution in [-0.4, -0.2) is 78.6 Å². The zero-order valence-corrected chi connectivity index (χ0v) is 19.7. The van der Waals surface area contributed by atoms with Gasteiger partial charge in [-0.1, -0.05) is 18.6 Å². The van der Waals surface area contributed by atoms with E-state index in [0.29, 0.717) is 30.6 Å². The molecule has 3 heterocycles. The second-order valence-electron chi connectivity index (χ2n) is 8.57. The predicted molar refractivity (Wildman–Crippen MR) is 130 cm³/mol. The zero-order valence-electron chi connectivity index (χ0n) is 18.8. The van der Waals surface area contributed by atoms with E-state index in [-0.39, 0.29) is 11.9 Å². The minimum Gasteiger partial charge on any atom is -0.388 e. The van der Waals surface area contributed by atoms with Crippen LogP contribution in [0.1, 0.15) is 51.2 Å². The molecule has 2 aromatic heterocycles. The standard InChI is InChI=1S/C21H36N8O3S/c22-6-4-8-25-7-3-1-2-5-14(33)9-13(23)10-15-17(30)18(31)21(32-15)29-12-28-16-19(24)26-11-27-20(16)29/h11-13,15,17-18,21,25,30-31H,1-10,22-23H2,(H2,24,26,27)/t13?,15-,17-,18-,21-/m1/s1. The molecule has 0 saturated carbocycles. The van der Waals surface area contributed by atoms with E-state index in [4.69, 9.17) is 34.2 Å². The fourth-order valence-corrected chi connectivity index (χ4v) is 4.45. The Balaban J connectivity index is 1.43. The molecule has 184 valence electrons. The maximum Gasteiger partial charge on any atom is 0.167 e. The van der Waals surface area contributed by atoms with Gasteiger partial charge in [0.25, 0.3) is 0 Å². The Bertz CT molecular complexity index is 898. The molecular formula is C21H36N8O3S. The van der Waals surface area contributed by atoms with Crippen LogP contribution in [0.4, 0.5) is 5.82 Å². The number of nitrogens with zero attached hydrogens (tertiary/aromatic N) is 4. The second-order valence-corrected chi connectivity index (χ2v) is 9.15. The van der Waals surface area contributed by atoms with Gasteiger partial charge in [-0.05, 0) is 63.0 Å². The smallest absolute Gasteiger partial charge is 0.167 e. The number of anilines is 1. The SMILES string of the molecule is NCCCNCCCCCC(=S)CC(N)C[C@H]1O[C@@H](n2cnc3c(N)ncnc32)[C@H](O)[C@@H]1O. The van der Waals surface area contributed by atoms with E-state index in [2.05, 4.69) is 20.3 Å². The molecule has 0 radical (unpaired) electrons. The van der Waals surface area contributed by atoms with E-state index in [9.17, 15) is 10.2 Å². The van der Waals surface area contributed by atoms with Crippen molar-refractivity contribution in [1.82, 2.24) is 24.8 Å². The van der Waals surface area contributed by atoms with Gasteiger partial charge in [-0.2, -0.15) is 0 Å². The van der Waals surface area contributed by atoms with Crippen molar-refractivity contribution in [2.24, 2.45) is 11.5 Å². The number of hydrogen-bond acceptors (Lipinski definition) is 11. The number of aromatic nitrogens is 4. The van der Waals surface area contributed by atoms with Crippen LogP contribution >= 0.6 is 12.2 Å². The van der Waals surface area contributed by atoms with Gasteiger partial charge in [0.1, 0.15) is 24.1 Å². The minimum absolute atomic E-state index is 0.238. The van der Waals surface area contributed by atoms with Crippen molar-refractivity contribution in [3.8, 4) is 0 Å². The van der Waals surface area contributed by atoms with Crippen LogP contribution in [0.5, 0.6) is 0 Å². The highest BCUT2D eigenvalue weighted by Gasteiger charge is 2.44. The summed E-state index contributed by atoms with van der Waals surface area (Å²) in [6, 6.07) is -0.265. The lowest BCUT2D eigenvalue weighted by Gasteiger charge is -2.19. The van der Waals surface area contributed by atoms with Crippen LogP contribution < -0.4 is 22.5 Å². The highest BCUT2D eigenvalue weighted by atomic mass is 32.1. The van der Waals surface area contributed by atoms with Crippen LogP contribution in [0, 0.1) is 0 Å². The topological polar surface area (TPSA) is 183 Å². The van der Waals surface area contributed by atoms with E-state index >= 15 is 0 Å². The predicted octanol–water partition coefficient (Wildman–Crippen LogP) is 0.00390. The first-order chi connectivity index (χ1) is 15.9. The number of nitrogen functional groups attached to an aromatic ring is 1. The number of imidazole rings is 1. The molecule has 1 saturated heterocycles. The summed E-state index contributed by atoms with van der Waals surface area (Å²) in [5.74, 6) is 0.238. The molecule has 1 fully saturated rings. The number of ether oxygens (including phenoxy) is 1. The number of nitrogens with one attached hydrogen (secondary N) is 1. The quantitative estimate of drug-likeness (QED) is 0.158.